The van der Waals surface area contributed by atoms with Gasteiger partial charge < -0.3 is 10.4 Å². The number of carboxylic acid groups (broad SMARTS) is 1. The van der Waals surface area contributed by atoms with E-state index in [2.05, 4.69) is 17.2 Å². The molecule has 0 atom stereocenters. The molecule has 0 saturated heterocycles. The summed E-state index contributed by atoms with van der Waals surface area (Å²) in [5.41, 5.74) is 0.634. The molecule has 1 aromatic rings. The molecular weight excluding hydrogens is 232 g/mol. The predicted octanol–water partition coefficient (Wildman–Crippen LogP) is 1.70. The fourth-order valence-corrected chi connectivity index (χ4v) is 1.86. The molecule has 1 saturated carbocycles. The van der Waals surface area contributed by atoms with Crippen molar-refractivity contribution in [3.63, 3.8) is 0 Å². The maximum atomic E-state index is 11.8. The Kier molecular flexibility index (Phi) is 3.32. The number of hydrogen-bond donors (Lipinski definition) is 2. The van der Waals surface area contributed by atoms with E-state index in [4.69, 9.17) is 5.11 Å². The number of aromatic nitrogens is 1. The van der Waals surface area contributed by atoms with Crippen molar-refractivity contribution in [1.29, 1.82) is 0 Å². The number of pyridine rings is 1. The third-order valence-corrected chi connectivity index (χ3v) is 3.58. The molecule has 5 heteroatoms. The van der Waals surface area contributed by atoms with Crippen molar-refractivity contribution in [2.75, 3.05) is 6.54 Å². The van der Waals surface area contributed by atoms with E-state index in [1.807, 2.05) is 0 Å². The van der Waals surface area contributed by atoms with Crippen molar-refractivity contribution in [3.05, 3.63) is 29.6 Å². The summed E-state index contributed by atoms with van der Waals surface area (Å²) in [5.74, 6) is -1.29. The summed E-state index contributed by atoms with van der Waals surface area (Å²) in [7, 11) is 0. The van der Waals surface area contributed by atoms with Crippen LogP contribution in [-0.2, 0) is 0 Å². The fraction of sp³-hybridized carbons (Fsp3) is 0.462. The van der Waals surface area contributed by atoms with E-state index < -0.39 is 5.97 Å². The number of hydrogen-bond acceptors (Lipinski definition) is 3. The number of carbonyl (C=O) groups is 2. The van der Waals surface area contributed by atoms with Gasteiger partial charge in [-0.1, -0.05) is 6.92 Å². The van der Waals surface area contributed by atoms with Gasteiger partial charge in [-0.3, -0.25) is 4.79 Å². The lowest BCUT2D eigenvalue weighted by atomic mass is 10.0. The molecule has 96 valence electrons. The van der Waals surface area contributed by atoms with E-state index in [1.165, 1.54) is 31.2 Å². The molecule has 18 heavy (non-hydrogen) atoms. The lowest BCUT2D eigenvalue weighted by Gasteiger charge is -2.13. The van der Waals surface area contributed by atoms with Gasteiger partial charge in [-0.05, 0) is 36.8 Å². The zero-order valence-electron chi connectivity index (χ0n) is 10.3. The first-order valence-electron chi connectivity index (χ1n) is 6.04. The highest BCUT2D eigenvalue weighted by Gasteiger charge is 2.40. The van der Waals surface area contributed by atoms with E-state index in [9.17, 15) is 9.59 Å². The van der Waals surface area contributed by atoms with Crippen molar-refractivity contribution in [2.24, 2.45) is 5.41 Å². The summed E-state index contributed by atoms with van der Waals surface area (Å²) in [5, 5.41) is 11.6. The quantitative estimate of drug-likeness (QED) is 0.831. The Hall–Kier alpha value is -1.91. The molecule has 1 fully saturated rings. The van der Waals surface area contributed by atoms with E-state index >= 15 is 0 Å². The summed E-state index contributed by atoms with van der Waals surface area (Å²) in [4.78, 5) is 26.2. The smallest absolute Gasteiger partial charge is 0.354 e. The second-order valence-corrected chi connectivity index (χ2v) is 4.77. The van der Waals surface area contributed by atoms with E-state index in [0.29, 0.717) is 17.5 Å². The number of carboxylic acids is 1. The molecule has 0 aliphatic heterocycles. The van der Waals surface area contributed by atoms with Gasteiger partial charge in [0.1, 0.15) is 5.69 Å². The van der Waals surface area contributed by atoms with Crippen molar-refractivity contribution >= 4 is 11.9 Å². The highest BCUT2D eigenvalue weighted by molar-refractivity contribution is 5.94. The first-order chi connectivity index (χ1) is 8.56. The molecule has 0 aromatic carbocycles. The molecule has 1 heterocycles. The van der Waals surface area contributed by atoms with Gasteiger partial charge >= 0.3 is 5.97 Å². The Morgan fingerprint density at radius 2 is 2.17 bits per heavy atom. The molecule has 2 N–H and O–H groups in total. The van der Waals surface area contributed by atoms with Crippen LogP contribution in [0.3, 0.4) is 0 Å². The largest absolute Gasteiger partial charge is 0.477 e. The third-order valence-electron chi connectivity index (χ3n) is 3.58. The molecule has 1 aromatic heterocycles. The molecule has 0 spiro atoms. The van der Waals surface area contributed by atoms with Crippen molar-refractivity contribution in [1.82, 2.24) is 10.3 Å². The summed E-state index contributed by atoms with van der Waals surface area (Å²) in [6, 6.07) is 2.82. The van der Waals surface area contributed by atoms with Crippen molar-refractivity contribution in [2.45, 2.75) is 26.2 Å². The average molecular weight is 248 g/mol. The van der Waals surface area contributed by atoms with Crippen molar-refractivity contribution < 1.29 is 14.7 Å². The van der Waals surface area contributed by atoms with E-state index in [0.717, 1.165) is 6.42 Å². The standard InChI is InChI=1S/C13H16N2O3/c1-2-13(5-6-13)8-15-11(16)9-3-4-10(12(17)18)14-7-9/h3-4,7H,2,5-6,8H2,1H3,(H,15,16)(H,17,18). The van der Waals surface area contributed by atoms with Crippen LogP contribution < -0.4 is 5.32 Å². The maximum absolute atomic E-state index is 11.8. The van der Waals surface area contributed by atoms with Crippen molar-refractivity contribution in [3.8, 4) is 0 Å². The Balaban J connectivity index is 1.94. The number of amides is 1. The van der Waals surface area contributed by atoms with Gasteiger partial charge in [-0.15, -0.1) is 0 Å². The second kappa shape index (κ2) is 4.76. The first kappa shape index (κ1) is 12.5. The first-order valence-corrected chi connectivity index (χ1v) is 6.04. The summed E-state index contributed by atoms with van der Waals surface area (Å²) < 4.78 is 0. The van der Waals surface area contributed by atoms with Crippen LogP contribution in [0.2, 0.25) is 0 Å². The zero-order valence-corrected chi connectivity index (χ0v) is 10.3. The van der Waals surface area contributed by atoms with Gasteiger partial charge in [0.25, 0.3) is 5.91 Å². The van der Waals surface area contributed by atoms with Gasteiger partial charge in [0.05, 0.1) is 5.56 Å². The summed E-state index contributed by atoms with van der Waals surface area (Å²) >= 11 is 0. The second-order valence-electron chi connectivity index (χ2n) is 4.77. The Labute approximate surface area is 105 Å². The summed E-state index contributed by atoms with van der Waals surface area (Å²) in [6.45, 7) is 2.81. The normalized spacial score (nSPS) is 16.1. The Morgan fingerprint density at radius 1 is 1.44 bits per heavy atom. The minimum Gasteiger partial charge on any atom is -0.477 e. The van der Waals surface area contributed by atoms with Gasteiger partial charge in [-0.25, -0.2) is 9.78 Å². The molecular formula is C13H16N2O3. The number of nitrogens with one attached hydrogen (secondary N) is 1. The monoisotopic (exact) mass is 248 g/mol. The van der Waals surface area contributed by atoms with Gasteiger partial charge in [0.15, 0.2) is 0 Å². The van der Waals surface area contributed by atoms with Crippen LogP contribution in [0.5, 0.6) is 0 Å². The number of rotatable bonds is 5. The highest BCUT2D eigenvalue weighted by atomic mass is 16.4. The molecule has 1 aliphatic carbocycles. The van der Waals surface area contributed by atoms with Crippen LogP contribution >= 0.6 is 0 Å². The number of aromatic carboxylic acids is 1. The molecule has 0 radical (unpaired) electrons. The van der Waals surface area contributed by atoms with Gasteiger partial charge in [0, 0.05) is 12.7 Å². The fourth-order valence-electron chi connectivity index (χ4n) is 1.86. The Bertz CT molecular complexity index is 464. The average Bonchev–Trinajstić information content (AvgIpc) is 3.17. The maximum Gasteiger partial charge on any atom is 0.354 e. The van der Waals surface area contributed by atoms with Crippen LogP contribution in [0, 0.1) is 5.41 Å². The Morgan fingerprint density at radius 3 is 2.61 bits per heavy atom. The van der Waals surface area contributed by atoms with Gasteiger partial charge in [-0.2, -0.15) is 0 Å². The molecule has 0 bridgehead atoms. The molecule has 1 aliphatic rings. The third kappa shape index (κ3) is 2.67. The van der Waals surface area contributed by atoms with E-state index in [-0.39, 0.29) is 11.6 Å². The zero-order chi connectivity index (χ0) is 13.2. The topological polar surface area (TPSA) is 79.3 Å². The minimum atomic E-state index is -1.09. The molecule has 2 rings (SSSR count). The van der Waals surface area contributed by atoms with Crippen LogP contribution in [-0.4, -0.2) is 28.5 Å². The van der Waals surface area contributed by atoms with Crippen LogP contribution in [0.4, 0.5) is 0 Å². The van der Waals surface area contributed by atoms with Gasteiger partial charge in [0.2, 0.25) is 0 Å². The van der Waals surface area contributed by atoms with Crippen LogP contribution in [0.25, 0.3) is 0 Å². The summed E-state index contributed by atoms with van der Waals surface area (Å²) in [6.07, 6.45) is 4.70. The minimum absolute atomic E-state index is 0.0567. The lowest BCUT2D eigenvalue weighted by Crippen LogP contribution is -2.30. The highest BCUT2D eigenvalue weighted by Crippen LogP contribution is 2.47. The van der Waals surface area contributed by atoms with Crippen LogP contribution in [0.1, 0.15) is 47.0 Å². The SMILES string of the molecule is CCC1(CNC(=O)c2ccc(C(=O)O)nc2)CC1. The van der Waals surface area contributed by atoms with E-state index in [1.54, 1.807) is 0 Å². The van der Waals surface area contributed by atoms with Crippen LogP contribution in [0.15, 0.2) is 18.3 Å². The number of nitrogens with zero attached hydrogens (tertiary/aromatic N) is 1. The predicted molar refractivity (Wildman–Crippen MR) is 65.5 cm³/mol. The molecule has 1 amide bonds. The number of carbonyl (C=O) groups excluding carboxylic acids is 1. The lowest BCUT2D eigenvalue weighted by molar-refractivity contribution is 0.0689. The molecule has 5 nitrogen and oxygen atoms in total. The molecule has 0 unspecified atom stereocenters.